The van der Waals surface area contributed by atoms with E-state index in [0.717, 1.165) is 0 Å². The maximum absolute atomic E-state index is 7.22. The molecule has 0 unspecified atom stereocenters. The van der Waals surface area contributed by atoms with Gasteiger partial charge < -0.3 is 5.73 Å². The predicted molar refractivity (Wildman–Crippen MR) is 145 cm³/mol. The topological polar surface area (TPSA) is 26.0 Å². The highest BCUT2D eigenvalue weighted by Crippen LogP contribution is 2.86. The largest absolute Gasteiger partial charge is 0.399 e. The molecule has 0 aliphatic heterocycles. The van der Waals surface area contributed by atoms with Gasteiger partial charge in [0.15, 0.2) is 8.67 Å². The van der Waals surface area contributed by atoms with Gasteiger partial charge in [-0.3, -0.25) is 0 Å². The highest BCUT2D eigenvalue weighted by Gasteiger charge is 2.88. The molecule has 0 heterocycles. The van der Waals surface area contributed by atoms with Gasteiger partial charge in [0.2, 0.25) is 0 Å². The molecule has 176 valence electrons. The number of benzene rings is 1. The van der Waals surface area contributed by atoms with Crippen LogP contribution in [0.5, 0.6) is 0 Å². The molecule has 0 amide bonds. The molecule has 0 aromatic heterocycles. The SMILES string of the molecule is Nc1ccc2c(c1)[C@@H]1[C@@H](C3=C2[C@]2(Cl)C(Cl)=C(Cl)[C@]3(Cl)C2(Cl)Cl)[C@]2(Cl)C(Cl)=C(Cl)[C@]1(Cl)C2(Cl)Cl. The van der Waals surface area contributed by atoms with Gasteiger partial charge in [-0.1, -0.05) is 98.9 Å². The third-order valence-corrected chi connectivity index (χ3v) is 15.9. The maximum Gasteiger partial charge on any atom is 0.174 e. The van der Waals surface area contributed by atoms with E-state index in [4.69, 9.17) is 145 Å². The average molecular weight is 687 g/mol. The summed E-state index contributed by atoms with van der Waals surface area (Å²) in [6.45, 7) is 0. The van der Waals surface area contributed by atoms with Gasteiger partial charge in [-0.25, -0.2) is 0 Å². The minimum absolute atomic E-state index is 0.000792. The number of rotatable bonds is 0. The molecular formula is C20H7Cl12N. The van der Waals surface area contributed by atoms with Crippen LogP contribution in [0.3, 0.4) is 0 Å². The summed E-state index contributed by atoms with van der Waals surface area (Å²) in [7, 11) is 0. The number of allylic oxidation sites excluding steroid dienone is 6. The Bertz CT molecular complexity index is 1310. The number of nitrogens with two attached hydrogens (primary N) is 1. The summed E-state index contributed by atoms with van der Waals surface area (Å²) >= 11 is 83.0. The van der Waals surface area contributed by atoms with Gasteiger partial charge in [-0.2, -0.15) is 0 Å². The van der Waals surface area contributed by atoms with E-state index in [-0.39, 0.29) is 20.1 Å². The van der Waals surface area contributed by atoms with Crippen molar-refractivity contribution in [3.05, 3.63) is 55.0 Å². The molecule has 1 aromatic carbocycles. The third-order valence-electron chi connectivity index (χ3n) is 7.57. The summed E-state index contributed by atoms with van der Waals surface area (Å²) in [4.78, 5) is -6.85. The van der Waals surface area contributed by atoms with Crippen LogP contribution in [0.1, 0.15) is 17.0 Å². The molecule has 1 nitrogen and oxygen atoms in total. The molecule has 0 spiro atoms. The Labute approximate surface area is 248 Å². The van der Waals surface area contributed by atoms with Gasteiger partial charge in [0.1, 0.15) is 19.5 Å². The Hall–Kier alpha value is 1.72. The second-order valence-electron chi connectivity index (χ2n) is 8.74. The van der Waals surface area contributed by atoms with Gasteiger partial charge in [0, 0.05) is 17.5 Å². The monoisotopic (exact) mass is 681 g/mol. The lowest BCUT2D eigenvalue weighted by molar-refractivity contribution is 0.444. The van der Waals surface area contributed by atoms with Crippen LogP contribution in [0.4, 0.5) is 5.69 Å². The van der Waals surface area contributed by atoms with Crippen LogP contribution < -0.4 is 5.73 Å². The molecule has 0 saturated heterocycles. The number of hydrogen-bond acceptors (Lipinski definition) is 1. The number of hydrogen-bond donors (Lipinski definition) is 1. The van der Waals surface area contributed by atoms with Crippen LogP contribution in [-0.2, 0) is 0 Å². The summed E-state index contributed by atoms with van der Waals surface area (Å²) in [5, 5.41) is -0.0193. The van der Waals surface area contributed by atoms with Crippen molar-refractivity contribution >= 4 is 150 Å². The molecule has 0 radical (unpaired) electrons. The van der Waals surface area contributed by atoms with E-state index in [0.29, 0.717) is 28.0 Å². The Morgan fingerprint density at radius 1 is 0.636 bits per heavy atom. The second kappa shape index (κ2) is 6.64. The molecule has 1 aromatic rings. The van der Waals surface area contributed by atoms with Gasteiger partial charge in [0.25, 0.3) is 0 Å². The van der Waals surface area contributed by atoms with Gasteiger partial charge in [-0.05, 0) is 34.4 Å². The van der Waals surface area contributed by atoms with Crippen molar-refractivity contribution in [3.8, 4) is 0 Å². The van der Waals surface area contributed by atoms with Crippen molar-refractivity contribution < 1.29 is 0 Å². The molecule has 5 aliphatic rings. The van der Waals surface area contributed by atoms with Crippen LogP contribution >= 0.6 is 139 Å². The van der Waals surface area contributed by atoms with Crippen molar-refractivity contribution in [2.45, 2.75) is 34.1 Å². The summed E-state index contributed by atoms with van der Waals surface area (Å²) in [5.74, 6) is -1.60. The molecule has 4 bridgehead atoms. The summed E-state index contributed by atoms with van der Waals surface area (Å²) in [6, 6.07) is 5.16. The first-order valence-corrected chi connectivity index (χ1v) is 13.8. The summed E-state index contributed by atoms with van der Waals surface area (Å²) in [6.07, 6.45) is 0. The van der Waals surface area contributed by atoms with Crippen LogP contribution in [0.15, 0.2) is 43.9 Å². The number of halogens is 12. The Morgan fingerprint density at radius 3 is 1.73 bits per heavy atom. The quantitative estimate of drug-likeness (QED) is 0.214. The highest BCUT2D eigenvalue weighted by molar-refractivity contribution is 6.70. The van der Waals surface area contributed by atoms with Crippen LogP contribution in [0.25, 0.3) is 5.57 Å². The molecular weight excluding hydrogens is 680 g/mol. The Kier molecular flexibility index (Phi) is 5.04. The zero-order valence-corrected chi connectivity index (χ0v) is 24.6. The normalized spacial score (nSPS) is 45.7. The highest BCUT2D eigenvalue weighted by atomic mass is 35.5. The lowest BCUT2D eigenvalue weighted by Crippen LogP contribution is -2.49. The van der Waals surface area contributed by atoms with Crippen molar-refractivity contribution in [1.29, 1.82) is 0 Å². The van der Waals surface area contributed by atoms with Crippen molar-refractivity contribution in [1.82, 2.24) is 0 Å². The smallest absolute Gasteiger partial charge is 0.174 e. The van der Waals surface area contributed by atoms with Crippen LogP contribution in [0.2, 0.25) is 0 Å². The molecule has 6 atom stereocenters. The predicted octanol–water partition coefficient (Wildman–Crippen LogP) is 9.43. The van der Waals surface area contributed by atoms with Gasteiger partial charge in [-0.15, -0.1) is 46.4 Å². The first kappa shape index (κ1) is 25.0. The molecule has 13 heteroatoms. The minimum Gasteiger partial charge on any atom is -0.399 e. The molecule has 1 fully saturated rings. The van der Waals surface area contributed by atoms with Gasteiger partial charge >= 0.3 is 0 Å². The van der Waals surface area contributed by atoms with E-state index in [1.165, 1.54) is 0 Å². The fourth-order valence-corrected chi connectivity index (χ4v) is 12.0. The van der Waals surface area contributed by atoms with Gasteiger partial charge in [0.05, 0.1) is 20.1 Å². The van der Waals surface area contributed by atoms with E-state index >= 15 is 0 Å². The van der Waals surface area contributed by atoms with E-state index in [9.17, 15) is 0 Å². The van der Waals surface area contributed by atoms with E-state index in [1.807, 2.05) is 0 Å². The zero-order chi connectivity index (χ0) is 24.5. The van der Waals surface area contributed by atoms with Crippen molar-refractivity contribution in [3.63, 3.8) is 0 Å². The number of anilines is 1. The molecule has 33 heavy (non-hydrogen) atoms. The molecule has 5 aliphatic carbocycles. The van der Waals surface area contributed by atoms with E-state index in [1.54, 1.807) is 18.2 Å². The first-order valence-electron chi connectivity index (χ1n) is 9.28. The Balaban J connectivity index is 1.83. The molecule has 6 rings (SSSR count). The number of alkyl halides is 8. The molecule has 2 N–H and O–H groups in total. The van der Waals surface area contributed by atoms with E-state index in [2.05, 4.69) is 0 Å². The standard InChI is InChI=1S/C20H7Cl12N/c21-11-13(23)17(27)9-7(15(11,25)19(17,29)30)5-2-1-4(33)3-6(5)8-10(9)18(28)14(24)12(22)16(8,26)20(18,31)32/h1-3,8,10H,33H2/t8-,10+,15+,16+,17+,18+/m1/s1. The molecule has 1 saturated carbocycles. The fourth-order valence-electron chi connectivity index (χ4n) is 6.24. The number of fused-ring (bicyclic) bond motifs is 13. The average Bonchev–Trinajstić information content (AvgIpc) is 3.08. The van der Waals surface area contributed by atoms with Crippen molar-refractivity contribution in [2.75, 3.05) is 5.73 Å². The second-order valence-corrected chi connectivity index (χ2v) is 15.2. The third kappa shape index (κ3) is 2.11. The zero-order valence-electron chi connectivity index (χ0n) is 15.5. The summed E-state index contributed by atoms with van der Waals surface area (Å²) < 4.78 is -3.79. The first-order chi connectivity index (χ1) is 15.0. The van der Waals surface area contributed by atoms with Crippen molar-refractivity contribution in [2.24, 2.45) is 5.92 Å². The van der Waals surface area contributed by atoms with Crippen LogP contribution in [0, 0.1) is 5.92 Å². The number of nitrogen functional groups attached to an aromatic ring is 1. The Morgan fingerprint density at radius 2 is 1.15 bits per heavy atom. The van der Waals surface area contributed by atoms with Crippen LogP contribution in [-0.4, -0.2) is 28.2 Å². The maximum atomic E-state index is 7.22. The van der Waals surface area contributed by atoms with E-state index < -0.39 is 40.0 Å². The summed E-state index contributed by atoms with van der Waals surface area (Å²) in [5.41, 5.74) is 8.65. The fraction of sp³-hybridized carbons (Fsp3) is 0.400. The lowest BCUT2D eigenvalue weighted by atomic mass is 9.64. The minimum atomic E-state index is -1.91. The lowest BCUT2D eigenvalue weighted by Gasteiger charge is -2.46.